The summed E-state index contributed by atoms with van der Waals surface area (Å²) < 4.78 is 43.4. The largest absolute Gasteiger partial charge is 0.445 e. The monoisotopic (exact) mass is 417 g/mol. The summed E-state index contributed by atoms with van der Waals surface area (Å²) in [6.45, 7) is 0.0140. The van der Waals surface area contributed by atoms with Crippen LogP contribution in [-0.4, -0.2) is 29.0 Å². The second-order valence-corrected chi connectivity index (χ2v) is 6.43. The molecule has 0 aromatic heterocycles. The number of rotatable bonds is 7. The fraction of sp³-hybridized carbons (Fsp3) is 0.316. The Morgan fingerprint density at radius 1 is 1.14 bits per heavy atom. The highest BCUT2D eigenvalue weighted by atomic mass is 35.5. The van der Waals surface area contributed by atoms with E-state index in [1.165, 1.54) is 0 Å². The van der Waals surface area contributed by atoms with E-state index >= 15 is 0 Å². The summed E-state index contributed by atoms with van der Waals surface area (Å²) in [6.07, 6.45) is -8.52. The van der Waals surface area contributed by atoms with Crippen molar-refractivity contribution in [2.45, 2.75) is 31.4 Å². The van der Waals surface area contributed by atoms with E-state index in [9.17, 15) is 28.2 Å². The van der Waals surface area contributed by atoms with Gasteiger partial charge < -0.3 is 20.3 Å². The van der Waals surface area contributed by atoms with Gasteiger partial charge in [0.25, 0.3) is 0 Å². The number of carbonyl (C=O) groups is 1. The van der Waals surface area contributed by atoms with E-state index in [-0.39, 0.29) is 30.2 Å². The van der Waals surface area contributed by atoms with E-state index < -0.39 is 30.0 Å². The van der Waals surface area contributed by atoms with Gasteiger partial charge in [-0.25, -0.2) is 4.79 Å². The second kappa shape index (κ2) is 9.77. The van der Waals surface area contributed by atoms with Gasteiger partial charge in [-0.15, -0.1) is 0 Å². The third-order valence-corrected chi connectivity index (χ3v) is 4.27. The molecule has 0 saturated heterocycles. The summed E-state index contributed by atoms with van der Waals surface area (Å²) in [5.74, 6) is 0. The van der Waals surface area contributed by atoms with E-state index in [1.54, 1.807) is 24.3 Å². The second-order valence-electron chi connectivity index (χ2n) is 6.02. The Hall–Kier alpha value is -2.29. The summed E-state index contributed by atoms with van der Waals surface area (Å²) in [5.41, 5.74) is -0.427. The summed E-state index contributed by atoms with van der Waals surface area (Å²) in [7, 11) is 0. The third kappa shape index (κ3) is 6.40. The lowest BCUT2D eigenvalue weighted by molar-refractivity contribution is -0.137. The van der Waals surface area contributed by atoms with E-state index in [1.807, 2.05) is 6.07 Å². The first kappa shape index (κ1) is 22.0. The molecule has 5 nitrogen and oxygen atoms in total. The van der Waals surface area contributed by atoms with Gasteiger partial charge in [-0.3, -0.25) is 0 Å². The van der Waals surface area contributed by atoms with Gasteiger partial charge in [-0.2, -0.15) is 13.2 Å². The van der Waals surface area contributed by atoms with Gasteiger partial charge in [0.2, 0.25) is 0 Å². The van der Waals surface area contributed by atoms with E-state index in [0.717, 1.165) is 17.7 Å². The zero-order valence-corrected chi connectivity index (χ0v) is 15.4. The molecule has 2 rings (SSSR count). The topological polar surface area (TPSA) is 78.8 Å². The van der Waals surface area contributed by atoms with Crippen molar-refractivity contribution in [2.24, 2.45) is 0 Å². The van der Waals surface area contributed by atoms with Gasteiger partial charge in [0.05, 0.1) is 11.7 Å². The molecule has 0 heterocycles. The summed E-state index contributed by atoms with van der Waals surface area (Å²) in [5, 5.41) is 22.5. The average Bonchev–Trinajstić information content (AvgIpc) is 2.66. The maximum Gasteiger partial charge on any atom is 0.416 e. The van der Waals surface area contributed by atoms with E-state index in [0.29, 0.717) is 6.07 Å². The lowest BCUT2D eigenvalue weighted by Gasteiger charge is -2.20. The first-order valence-corrected chi connectivity index (χ1v) is 8.73. The number of alkyl halides is 3. The van der Waals surface area contributed by atoms with Crippen molar-refractivity contribution in [3.8, 4) is 0 Å². The highest BCUT2D eigenvalue weighted by Gasteiger charge is 2.32. The van der Waals surface area contributed by atoms with Crippen LogP contribution in [0.1, 0.15) is 29.2 Å². The zero-order chi connectivity index (χ0) is 20.7. The number of carbonyl (C=O) groups excluding carboxylic acids is 1. The maximum absolute atomic E-state index is 12.8. The molecule has 0 aliphatic heterocycles. The fourth-order valence-electron chi connectivity index (χ4n) is 2.41. The van der Waals surface area contributed by atoms with Crippen molar-refractivity contribution in [3.63, 3.8) is 0 Å². The molecule has 2 unspecified atom stereocenters. The number of aliphatic hydroxyl groups is 2. The molecule has 0 aliphatic rings. The van der Waals surface area contributed by atoms with Crippen molar-refractivity contribution >= 4 is 17.7 Å². The van der Waals surface area contributed by atoms with Crippen LogP contribution in [0.15, 0.2) is 48.5 Å². The molecule has 0 radical (unpaired) electrons. The van der Waals surface area contributed by atoms with Gasteiger partial charge in [-0.05, 0) is 30.2 Å². The minimum absolute atomic E-state index is 0.0531. The van der Waals surface area contributed by atoms with Crippen LogP contribution in [0.4, 0.5) is 18.0 Å². The van der Waals surface area contributed by atoms with Gasteiger partial charge in [-0.1, -0.05) is 41.9 Å². The smallest absolute Gasteiger partial charge is 0.416 e. The number of hydrogen-bond donors (Lipinski definition) is 3. The number of nitrogens with one attached hydrogen (secondary N) is 1. The Morgan fingerprint density at radius 2 is 1.82 bits per heavy atom. The summed E-state index contributed by atoms with van der Waals surface area (Å²) in [4.78, 5) is 11.6. The highest BCUT2D eigenvalue weighted by Crippen LogP contribution is 2.34. The van der Waals surface area contributed by atoms with Crippen LogP contribution in [0.2, 0.25) is 5.02 Å². The molecule has 0 fully saturated rings. The van der Waals surface area contributed by atoms with Crippen molar-refractivity contribution < 1.29 is 32.9 Å². The molecule has 2 atom stereocenters. The Morgan fingerprint density at radius 3 is 2.46 bits per heavy atom. The van der Waals surface area contributed by atoms with Crippen LogP contribution in [0.3, 0.4) is 0 Å². The molecular formula is C19H19ClF3NO4. The molecule has 9 heteroatoms. The predicted octanol–water partition coefficient (Wildman–Crippen LogP) is 4.07. The number of halogens is 4. The Bertz CT molecular complexity index is 786. The standard InChI is InChI=1S/C19H19ClF3NO4/c20-15-7-6-13(19(21,22)23)10-14(15)17(26)16(25)8-9-24-18(27)28-11-12-4-2-1-3-5-12/h1-7,10,16-17,25-26H,8-9,11H2,(H,24,27). The number of ether oxygens (including phenoxy) is 1. The molecule has 0 bridgehead atoms. The number of hydrogen-bond acceptors (Lipinski definition) is 4. The SMILES string of the molecule is O=C(NCCC(O)C(O)c1cc(C(F)(F)F)ccc1Cl)OCc1ccccc1. The molecule has 3 N–H and O–H groups in total. The molecule has 0 spiro atoms. The van der Waals surface area contributed by atoms with Crippen LogP contribution < -0.4 is 5.32 Å². The minimum Gasteiger partial charge on any atom is -0.445 e. The predicted molar refractivity (Wildman–Crippen MR) is 96.7 cm³/mol. The fourth-order valence-corrected chi connectivity index (χ4v) is 2.64. The lowest BCUT2D eigenvalue weighted by Crippen LogP contribution is -2.30. The molecule has 2 aromatic carbocycles. The third-order valence-electron chi connectivity index (χ3n) is 3.93. The Kier molecular flexibility index (Phi) is 7.68. The molecule has 1 amide bonds. The number of benzene rings is 2. The van der Waals surface area contributed by atoms with Crippen molar-refractivity contribution in [1.29, 1.82) is 0 Å². The zero-order valence-electron chi connectivity index (χ0n) is 14.6. The molecule has 0 saturated carbocycles. The van der Waals surface area contributed by atoms with Crippen LogP contribution in [0, 0.1) is 0 Å². The normalized spacial score (nSPS) is 13.6. The van der Waals surface area contributed by atoms with Crippen LogP contribution in [0.5, 0.6) is 0 Å². The first-order valence-electron chi connectivity index (χ1n) is 8.36. The summed E-state index contributed by atoms with van der Waals surface area (Å²) in [6, 6.07) is 11.5. The Balaban J connectivity index is 1.84. The molecule has 0 aliphatic carbocycles. The highest BCUT2D eigenvalue weighted by molar-refractivity contribution is 6.31. The van der Waals surface area contributed by atoms with Gasteiger partial charge in [0, 0.05) is 17.1 Å². The molecule has 2 aromatic rings. The van der Waals surface area contributed by atoms with Gasteiger partial charge >= 0.3 is 12.3 Å². The van der Waals surface area contributed by atoms with Crippen LogP contribution in [-0.2, 0) is 17.5 Å². The number of alkyl carbamates (subject to hydrolysis) is 1. The molecule has 28 heavy (non-hydrogen) atoms. The number of amides is 1. The van der Waals surface area contributed by atoms with Crippen LogP contribution >= 0.6 is 11.6 Å². The van der Waals surface area contributed by atoms with E-state index in [4.69, 9.17) is 16.3 Å². The lowest BCUT2D eigenvalue weighted by atomic mass is 10.00. The molecule has 152 valence electrons. The first-order chi connectivity index (χ1) is 13.2. The van der Waals surface area contributed by atoms with Crippen molar-refractivity contribution in [1.82, 2.24) is 5.32 Å². The van der Waals surface area contributed by atoms with Crippen LogP contribution in [0.25, 0.3) is 0 Å². The van der Waals surface area contributed by atoms with Gasteiger partial charge in [0.15, 0.2) is 0 Å². The maximum atomic E-state index is 12.8. The quantitative estimate of drug-likeness (QED) is 0.634. The van der Waals surface area contributed by atoms with Crippen molar-refractivity contribution in [2.75, 3.05) is 6.54 Å². The van der Waals surface area contributed by atoms with Crippen molar-refractivity contribution in [3.05, 3.63) is 70.2 Å². The molecular weight excluding hydrogens is 399 g/mol. The Labute approximate surface area is 164 Å². The minimum atomic E-state index is -4.60. The summed E-state index contributed by atoms with van der Waals surface area (Å²) >= 11 is 5.84. The number of aliphatic hydroxyl groups excluding tert-OH is 2. The van der Waals surface area contributed by atoms with E-state index in [2.05, 4.69) is 5.32 Å². The average molecular weight is 418 g/mol. The van der Waals surface area contributed by atoms with Gasteiger partial charge in [0.1, 0.15) is 12.7 Å².